The van der Waals surface area contributed by atoms with E-state index in [0.29, 0.717) is 12.5 Å². The first-order valence-electron chi connectivity index (χ1n) is 7.99. The van der Waals surface area contributed by atoms with Crippen LogP contribution in [-0.4, -0.2) is 29.1 Å². The van der Waals surface area contributed by atoms with Crippen molar-refractivity contribution in [1.29, 1.82) is 0 Å². The maximum Gasteiger partial charge on any atom is 0.317 e. The second-order valence-electron chi connectivity index (χ2n) is 5.93. The molecule has 0 aliphatic heterocycles. The molecule has 1 fully saturated rings. The Kier molecular flexibility index (Phi) is 5.90. The van der Waals surface area contributed by atoms with Crippen LogP contribution in [0.2, 0.25) is 0 Å². The topological polar surface area (TPSA) is 52.6 Å². The second-order valence-corrected chi connectivity index (χ2v) is 5.93. The third kappa shape index (κ3) is 5.66. The number of phenols is 1. The smallest absolute Gasteiger partial charge is 0.317 e. The Morgan fingerprint density at radius 1 is 1.29 bits per heavy atom. The van der Waals surface area contributed by atoms with Gasteiger partial charge < -0.3 is 15.3 Å². The van der Waals surface area contributed by atoms with Crippen LogP contribution in [0.3, 0.4) is 0 Å². The van der Waals surface area contributed by atoms with Crippen molar-refractivity contribution < 1.29 is 9.90 Å². The summed E-state index contributed by atoms with van der Waals surface area (Å²) in [7, 11) is 0. The first-order valence-corrected chi connectivity index (χ1v) is 7.99. The molecule has 4 heteroatoms. The number of phenolic OH excluding ortho intramolecular Hbond substituents is 1. The number of hydrogen-bond donors (Lipinski definition) is 2. The summed E-state index contributed by atoms with van der Waals surface area (Å²) in [6.07, 6.45) is 5.82. The molecule has 1 aromatic rings. The molecule has 0 spiro atoms. The summed E-state index contributed by atoms with van der Waals surface area (Å²) in [5, 5.41) is 12.3. The van der Waals surface area contributed by atoms with Crippen LogP contribution in [0.5, 0.6) is 5.75 Å². The molecule has 2 N–H and O–H groups in total. The normalized spacial score (nSPS) is 14.0. The number of aromatic hydroxyl groups is 1. The predicted molar refractivity (Wildman–Crippen MR) is 84.2 cm³/mol. The van der Waals surface area contributed by atoms with E-state index in [4.69, 9.17) is 0 Å². The monoisotopic (exact) mass is 290 g/mol. The molecule has 0 unspecified atom stereocenters. The van der Waals surface area contributed by atoms with Crippen LogP contribution in [0.4, 0.5) is 4.79 Å². The zero-order valence-electron chi connectivity index (χ0n) is 12.8. The Labute approximate surface area is 127 Å². The van der Waals surface area contributed by atoms with Crippen LogP contribution in [0.1, 0.15) is 44.6 Å². The maximum absolute atomic E-state index is 12.3. The Hall–Kier alpha value is -1.71. The number of hydrogen-bond acceptors (Lipinski definition) is 2. The molecule has 21 heavy (non-hydrogen) atoms. The second kappa shape index (κ2) is 7.91. The summed E-state index contributed by atoms with van der Waals surface area (Å²) >= 11 is 0. The van der Waals surface area contributed by atoms with Crippen molar-refractivity contribution in [2.24, 2.45) is 5.92 Å². The van der Waals surface area contributed by atoms with Gasteiger partial charge in [0.15, 0.2) is 0 Å². The minimum atomic E-state index is 0.0334. The van der Waals surface area contributed by atoms with E-state index in [-0.39, 0.29) is 11.8 Å². The Morgan fingerprint density at radius 2 is 2.00 bits per heavy atom. The van der Waals surface area contributed by atoms with Crippen molar-refractivity contribution in [2.75, 3.05) is 13.1 Å². The fourth-order valence-corrected chi connectivity index (χ4v) is 2.34. The SMILES string of the molecule is CCCCCNC(=O)N(Cc1ccc(O)cc1)CC1CC1. The third-order valence-corrected chi connectivity index (χ3v) is 3.83. The summed E-state index contributed by atoms with van der Waals surface area (Å²) in [5.74, 6) is 0.931. The van der Waals surface area contributed by atoms with E-state index in [0.717, 1.165) is 37.9 Å². The molecule has 4 nitrogen and oxygen atoms in total. The van der Waals surface area contributed by atoms with Gasteiger partial charge in [-0.25, -0.2) is 4.79 Å². The summed E-state index contributed by atoms with van der Waals surface area (Å²) in [4.78, 5) is 14.2. The molecule has 116 valence electrons. The molecule has 1 aliphatic rings. The van der Waals surface area contributed by atoms with Crippen LogP contribution < -0.4 is 5.32 Å². The van der Waals surface area contributed by atoms with Crippen LogP contribution in [0.25, 0.3) is 0 Å². The zero-order chi connectivity index (χ0) is 15.1. The van der Waals surface area contributed by atoms with Crippen LogP contribution in [0.15, 0.2) is 24.3 Å². The quantitative estimate of drug-likeness (QED) is 0.720. The Bertz CT molecular complexity index is 441. The molecule has 1 aromatic carbocycles. The van der Waals surface area contributed by atoms with E-state index in [1.807, 2.05) is 17.0 Å². The maximum atomic E-state index is 12.3. The average Bonchev–Trinajstić information content (AvgIpc) is 3.29. The van der Waals surface area contributed by atoms with Crippen LogP contribution in [-0.2, 0) is 6.54 Å². The number of carbonyl (C=O) groups excluding carboxylic acids is 1. The lowest BCUT2D eigenvalue weighted by Gasteiger charge is -2.23. The number of carbonyl (C=O) groups is 1. The highest BCUT2D eigenvalue weighted by Crippen LogP contribution is 2.30. The van der Waals surface area contributed by atoms with E-state index in [2.05, 4.69) is 12.2 Å². The highest BCUT2D eigenvalue weighted by molar-refractivity contribution is 5.74. The van der Waals surface area contributed by atoms with Gasteiger partial charge in [0, 0.05) is 19.6 Å². The van der Waals surface area contributed by atoms with E-state index < -0.39 is 0 Å². The van der Waals surface area contributed by atoms with Gasteiger partial charge in [-0.3, -0.25) is 0 Å². The number of benzene rings is 1. The lowest BCUT2D eigenvalue weighted by Crippen LogP contribution is -2.41. The number of urea groups is 1. The van der Waals surface area contributed by atoms with Gasteiger partial charge in [0.25, 0.3) is 0 Å². The number of unbranched alkanes of at least 4 members (excludes halogenated alkanes) is 2. The minimum absolute atomic E-state index is 0.0334. The molecule has 1 aliphatic carbocycles. The van der Waals surface area contributed by atoms with Crippen molar-refractivity contribution in [1.82, 2.24) is 10.2 Å². The van der Waals surface area contributed by atoms with Gasteiger partial charge in [-0.2, -0.15) is 0 Å². The molecule has 2 amide bonds. The van der Waals surface area contributed by atoms with Crippen LogP contribution in [0, 0.1) is 5.92 Å². The number of nitrogens with one attached hydrogen (secondary N) is 1. The number of rotatable bonds is 8. The third-order valence-electron chi connectivity index (χ3n) is 3.83. The molecular formula is C17H26N2O2. The average molecular weight is 290 g/mol. The molecular weight excluding hydrogens is 264 g/mol. The fourth-order valence-electron chi connectivity index (χ4n) is 2.34. The number of amides is 2. The van der Waals surface area contributed by atoms with E-state index >= 15 is 0 Å². The van der Waals surface area contributed by atoms with Gasteiger partial charge in [0.2, 0.25) is 0 Å². The highest BCUT2D eigenvalue weighted by Gasteiger charge is 2.26. The van der Waals surface area contributed by atoms with Gasteiger partial charge in [0.1, 0.15) is 5.75 Å². The minimum Gasteiger partial charge on any atom is -0.508 e. The molecule has 0 saturated heterocycles. The molecule has 0 radical (unpaired) electrons. The first-order chi connectivity index (χ1) is 10.2. The van der Waals surface area contributed by atoms with Crippen molar-refractivity contribution in [2.45, 2.75) is 45.6 Å². The van der Waals surface area contributed by atoms with Gasteiger partial charge in [0.05, 0.1) is 0 Å². The van der Waals surface area contributed by atoms with Gasteiger partial charge >= 0.3 is 6.03 Å². The van der Waals surface area contributed by atoms with Crippen molar-refractivity contribution in [3.63, 3.8) is 0 Å². The molecule has 0 atom stereocenters. The summed E-state index contributed by atoms with van der Waals surface area (Å²) in [6.45, 7) is 4.35. The van der Waals surface area contributed by atoms with E-state index in [1.165, 1.54) is 12.8 Å². The van der Waals surface area contributed by atoms with Crippen molar-refractivity contribution in [3.8, 4) is 5.75 Å². The molecule has 2 rings (SSSR count). The highest BCUT2D eigenvalue weighted by atomic mass is 16.3. The molecule has 1 saturated carbocycles. The van der Waals surface area contributed by atoms with Crippen molar-refractivity contribution >= 4 is 6.03 Å². The molecule has 0 heterocycles. The lowest BCUT2D eigenvalue weighted by molar-refractivity contribution is 0.192. The van der Waals surface area contributed by atoms with Gasteiger partial charge in [-0.15, -0.1) is 0 Å². The lowest BCUT2D eigenvalue weighted by atomic mass is 10.2. The largest absolute Gasteiger partial charge is 0.508 e. The summed E-state index contributed by atoms with van der Waals surface area (Å²) in [5.41, 5.74) is 1.05. The van der Waals surface area contributed by atoms with E-state index in [9.17, 15) is 9.90 Å². The Morgan fingerprint density at radius 3 is 2.62 bits per heavy atom. The standard InChI is InChI=1S/C17H26N2O2/c1-2-3-4-11-18-17(21)19(12-14-5-6-14)13-15-7-9-16(20)10-8-15/h7-10,14,20H,2-6,11-13H2,1H3,(H,18,21). The predicted octanol–water partition coefficient (Wildman–Crippen LogP) is 3.50. The van der Waals surface area contributed by atoms with E-state index in [1.54, 1.807) is 12.1 Å². The van der Waals surface area contributed by atoms with Crippen LogP contribution >= 0.6 is 0 Å². The molecule has 0 bridgehead atoms. The van der Waals surface area contributed by atoms with Crippen molar-refractivity contribution in [3.05, 3.63) is 29.8 Å². The summed E-state index contributed by atoms with van der Waals surface area (Å²) in [6, 6.07) is 7.12. The van der Waals surface area contributed by atoms with Gasteiger partial charge in [-0.05, 0) is 42.9 Å². The Balaban J connectivity index is 1.86. The van der Waals surface area contributed by atoms with Gasteiger partial charge in [-0.1, -0.05) is 31.9 Å². The first kappa shape index (κ1) is 15.7. The molecule has 0 aromatic heterocycles. The zero-order valence-corrected chi connectivity index (χ0v) is 12.8. The number of nitrogens with zero attached hydrogens (tertiary/aromatic N) is 1. The fraction of sp³-hybridized carbons (Fsp3) is 0.588. The summed E-state index contributed by atoms with van der Waals surface area (Å²) < 4.78 is 0.